The molecule has 3 aromatic rings. The van der Waals surface area contributed by atoms with Crippen molar-refractivity contribution >= 4 is 30.4 Å². The Balaban J connectivity index is 0.00000171. The molecule has 0 spiro atoms. The van der Waals surface area contributed by atoms with E-state index in [1.807, 2.05) is 20.8 Å². The van der Waals surface area contributed by atoms with E-state index in [1.54, 1.807) is 0 Å². The van der Waals surface area contributed by atoms with Crippen molar-refractivity contribution in [3.8, 4) is 0 Å². The summed E-state index contributed by atoms with van der Waals surface area (Å²) in [7, 11) is 0. The Morgan fingerprint density at radius 1 is 0.742 bits per heavy atom. The molecule has 1 aliphatic carbocycles. The summed E-state index contributed by atoms with van der Waals surface area (Å²) in [5.41, 5.74) is 8.17. The molecular weight excluding hydrogens is 459 g/mol. The van der Waals surface area contributed by atoms with Gasteiger partial charge in [0.05, 0.1) is 0 Å². The first-order valence-electron chi connectivity index (χ1n) is 10.0. The van der Waals surface area contributed by atoms with Crippen LogP contribution in [0, 0.1) is 5.92 Å². The van der Waals surface area contributed by atoms with Gasteiger partial charge in [0, 0.05) is 0 Å². The average molecular weight is 486 g/mol. The summed E-state index contributed by atoms with van der Waals surface area (Å²) < 4.78 is 6.45. The van der Waals surface area contributed by atoms with Crippen molar-refractivity contribution in [3.05, 3.63) is 124 Å². The van der Waals surface area contributed by atoms with Crippen LogP contribution in [0.4, 0.5) is 0 Å². The Morgan fingerprint density at radius 2 is 1.23 bits per heavy atom. The van der Waals surface area contributed by atoms with Crippen molar-refractivity contribution in [1.29, 1.82) is 0 Å². The first-order chi connectivity index (χ1) is 14.1. The molecule has 0 saturated heterocycles. The van der Waals surface area contributed by atoms with Gasteiger partial charge in [0.1, 0.15) is 0 Å². The van der Waals surface area contributed by atoms with E-state index in [0.717, 1.165) is 11.1 Å². The van der Waals surface area contributed by atoms with Crippen molar-refractivity contribution in [2.45, 2.75) is 26.4 Å². The van der Waals surface area contributed by atoms with Crippen molar-refractivity contribution in [3.63, 3.8) is 0 Å². The number of benzene rings is 3. The van der Waals surface area contributed by atoms with Crippen LogP contribution >= 0.6 is 24.8 Å². The second-order valence-electron chi connectivity index (χ2n) is 7.74. The molecule has 0 aromatic heterocycles. The minimum absolute atomic E-state index is 0. The third kappa shape index (κ3) is 4.49. The fraction of sp³-hybridized carbons (Fsp3) is 0.185. The van der Waals surface area contributed by atoms with Crippen LogP contribution in [0.25, 0.3) is 5.57 Å². The molecule has 4 rings (SSSR count). The van der Waals surface area contributed by atoms with Crippen LogP contribution in [0.3, 0.4) is 0 Å². The molecule has 0 radical (unpaired) electrons. The largest absolute Gasteiger partial charge is 0.147 e. The number of allylic oxidation sites excluding steroid dienone is 4. The quantitative estimate of drug-likeness (QED) is 0.266. The SMILES string of the molecule is CC1=CC(C)C(c2ccccc2C([O][Ti])(c2ccccc2)c2ccccc2)=C1C.Cl.Cl. The Kier molecular flexibility index (Phi) is 8.95. The number of rotatable bonds is 5. The second-order valence-corrected chi connectivity index (χ2v) is 8.06. The standard InChI is InChI=1S/C27H25O.2ClH.Ti/c1-19-18-20(2)26(21(19)3)24-16-10-11-17-25(24)27(28,22-12-6-4-7-13-22)23-14-8-5-9-15-23;;;/h4-18,20H,1-3H3;2*1H;/q-1;;;+1. The molecule has 0 saturated carbocycles. The van der Waals surface area contributed by atoms with E-state index < -0.39 is 5.60 Å². The van der Waals surface area contributed by atoms with Gasteiger partial charge in [0.25, 0.3) is 0 Å². The van der Waals surface area contributed by atoms with Gasteiger partial charge >= 0.3 is 186 Å². The summed E-state index contributed by atoms with van der Waals surface area (Å²) in [6, 6.07) is 29.8. The summed E-state index contributed by atoms with van der Waals surface area (Å²) in [6.07, 6.45) is 2.36. The van der Waals surface area contributed by atoms with Crippen molar-refractivity contribution < 1.29 is 24.1 Å². The van der Waals surface area contributed by atoms with E-state index in [2.05, 4.69) is 112 Å². The molecule has 0 bridgehead atoms. The molecule has 3 aromatic carbocycles. The van der Waals surface area contributed by atoms with Gasteiger partial charge in [-0.05, 0) is 0 Å². The summed E-state index contributed by atoms with van der Waals surface area (Å²) in [4.78, 5) is 0. The van der Waals surface area contributed by atoms with Gasteiger partial charge in [0.15, 0.2) is 0 Å². The minimum atomic E-state index is -0.678. The monoisotopic (exact) mass is 485 g/mol. The number of hydrogen-bond acceptors (Lipinski definition) is 1. The van der Waals surface area contributed by atoms with Crippen molar-refractivity contribution in [2.24, 2.45) is 5.92 Å². The molecule has 4 heteroatoms. The predicted octanol–water partition coefficient (Wildman–Crippen LogP) is 7.67. The van der Waals surface area contributed by atoms with Crippen LogP contribution in [0.5, 0.6) is 0 Å². The summed E-state index contributed by atoms with van der Waals surface area (Å²) in [5, 5.41) is 0. The first-order valence-corrected chi connectivity index (χ1v) is 10.7. The van der Waals surface area contributed by atoms with Gasteiger partial charge in [-0.25, -0.2) is 0 Å². The third-order valence-corrected chi connectivity index (χ3v) is 6.54. The number of hydrogen-bond donors (Lipinski definition) is 0. The summed E-state index contributed by atoms with van der Waals surface area (Å²) in [6.45, 7) is 6.73. The van der Waals surface area contributed by atoms with Crippen LogP contribution in [-0.2, 0) is 29.7 Å². The molecule has 0 aliphatic heterocycles. The number of halogens is 2. The zero-order chi connectivity index (χ0) is 20.4. The van der Waals surface area contributed by atoms with Crippen molar-refractivity contribution in [1.82, 2.24) is 0 Å². The Morgan fingerprint density at radius 3 is 1.68 bits per heavy atom. The van der Waals surface area contributed by atoms with Gasteiger partial charge in [-0.3, -0.25) is 0 Å². The van der Waals surface area contributed by atoms with Gasteiger partial charge in [-0.15, -0.1) is 24.8 Å². The van der Waals surface area contributed by atoms with E-state index in [9.17, 15) is 0 Å². The van der Waals surface area contributed by atoms with Crippen LogP contribution in [0.15, 0.2) is 102 Å². The summed E-state index contributed by atoms with van der Waals surface area (Å²) in [5.74, 6) is 0.386. The van der Waals surface area contributed by atoms with Gasteiger partial charge in [0.2, 0.25) is 0 Å². The van der Waals surface area contributed by atoms with Gasteiger partial charge in [-0.1, -0.05) is 0 Å². The van der Waals surface area contributed by atoms with Crippen LogP contribution in [0.2, 0.25) is 0 Å². The maximum absolute atomic E-state index is 6.45. The van der Waals surface area contributed by atoms with E-state index in [-0.39, 0.29) is 24.8 Å². The molecule has 31 heavy (non-hydrogen) atoms. The zero-order valence-electron chi connectivity index (χ0n) is 18.0. The van der Waals surface area contributed by atoms with E-state index >= 15 is 0 Å². The first kappa shape index (κ1) is 25.7. The van der Waals surface area contributed by atoms with Gasteiger partial charge in [-0.2, -0.15) is 0 Å². The minimum Gasteiger partial charge on any atom is -0.147 e. The Hall–Kier alpha value is -1.61. The third-order valence-electron chi connectivity index (χ3n) is 6.06. The maximum Gasteiger partial charge on any atom is -0.147 e. The molecule has 159 valence electrons. The molecule has 1 nitrogen and oxygen atoms in total. The van der Waals surface area contributed by atoms with E-state index in [1.165, 1.54) is 27.8 Å². The van der Waals surface area contributed by atoms with Crippen LogP contribution < -0.4 is 0 Å². The molecule has 0 heterocycles. The fourth-order valence-corrected chi connectivity index (χ4v) is 5.15. The average Bonchev–Trinajstić information content (AvgIpc) is 3.02. The molecule has 1 aliphatic rings. The predicted molar refractivity (Wildman–Crippen MR) is 130 cm³/mol. The summed E-state index contributed by atoms with van der Waals surface area (Å²) >= 11 is 1.82. The van der Waals surface area contributed by atoms with Crippen molar-refractivity contribution in [2.75, 3.05) is 0 Å². The molecular formula is C27H27Cl2OTi. The van der Waals surface area contributed by atoms with Crippen LogP contribution in [0.1, 0.15) is 43.0 Å². The second kappa shape index (κ2) is 10.8. The molecule has 0 N–H and O–H groups in total. The van der Waals surface area contributed by atoms with E-state index in [4.69, 9.17) is 3.32 Å². The van der Waals surface area contributed by atoms with E-state index in [0.29, 0.717) is 5.92 Å². The zero-order valence-corrected chi connectivity index (χ0v) is 21.2. The van der Waals surface area contributed by atoms with Gasteiger partial charge < -0.3 is 0 Å². The normalized spacial score (nSPS) is 15.7. The molecule has 1 atom stereocenters. The Labute approximate surface area is 210 Å². The molecule has 1 unspecified atom stereocenters. The molecule has 0 fully saturated rings. The topological polar surface area (TPSA) is 9.23 Å². The Bertz CT molecular complexity index is 1040. The smallest absolute Gasteiger partial charge is 0.147 e. The molecule has 0 amide bonds. The van der Waals surface area contributed by atoms with Crippen LogP contribution in [-0.4, -0.2) is 0 Å². The maximum atomic E-state index is 6.45. The fourth-order valence-electron chi connectivity index (χ4n) is 4.61.